The minimum atomic E-state index is -0.299. The molecule has 0 spiro atoms. The fourth-order valence-corrected chi connectivity index (χ4v) is 2.68. The summed E-state index contributed by atoms with van der Waals surface area (Å²) in [6, 6.07) is 8.38. The Morgan fingerprint density at radius 3 is 2.57 bits per heavy atom. The van der Waals surface area contributed by atoms with Crippen LogP contribution in [0.2, 0.25) is 0 Å². The molecule has 0 aromatic heterocycles. The van der Waals surface area contributed by atoms with Crippen molar-refractivity contribution in [2.24, 2.45) is 11.5 Å². The van der Waals surface area contributed by atoms with Crippen LogP contribution in [0.25, 0.3) is 0 Å². The van der Waals surface area contributed by atoms with E-state index in [0.717, 1.165) is 25.8 Å². The van der Waals surface area contributed by atoms with Crippen molar-refractivity contribution in [1.29, 1.82) is 0 Å². The van der Waals surface area contributed by atoms with E-state index >= 15 is 0 Å². The quantitative estimate of drug-likeness (QED) is 0.733. The molecule has 1 amide bonds. The van der Waals surface area contributed by atoms with Gasteiger partial charge in [0.15, 0.2) is 0 Å². The van der Waals surface area contributed by atoms with Crippen molar-refractivity contribution in [3.05, 3.63) is 35.4 Å². The summed E-state index contributed by atoms with van der Waals surface area (Å²) in [7, 11) is 0. The number of aryl methyl sites for hydroxylation is 1. The van der Waals surface area contributed by atoms with Crippen LogP contribution < -0.4 is 11.5 Å². The molecule has 0 fully saturated rings. The van der Waals surface area contributed by atoms with Gasteiger partial charge < -0.3 is 11.5 Å². The predicted molar refractivity (Wildman–Crippen MR) is 87.9 cm³/mol. The van der Waals surface area contributed by atoms with Crippen LogP contribution in [-0.4, -0.2) is 29.9 Å². The molecule has 2 atom stereocenters. The van der Waals surface area contributed by atoms with E-state index in [1.807, 2.05) is 6.07 Å². The zero-order valence-electron chi connectivity index (χ0n) is 13.5. The first-order valence-electron chi connectivity index (χ1n) is 7.84. The summed E-state index contributed by atoms with van der Waals surface area (Å²) in [5.41, 5.74) is 14.2. The lowest BCUT2D eigenvalue weighted by Crippen LogP contribution is -2.45. The van der Waals surface area contributed by atoms with Crippen LogP contribution in [0, 0.1) is 6.92 Å². The van der Waals surface area contributed by atoms with E-state index in [1.54, 1.807) is 0 Å². The first kappa shape index (κ1) is 17.7. The molecule has 0 saturated heterocycles. The maximum absolute atomic E-state index is 11.4. The van der Waals surface area contributed by atoms with E-state index in [0.29, 0.717) is 0 Å². The minimum absolute atomic E-state index is 0.0111. The Kier molecular flexibility index (Phi) is 7.40. The molecule has 1 rings (SSSR count). The van der Waals surface area contributed by atoms with E-state index in [-0.39, 0.29) is 24.5 Å². The molecule has 1 aromatic rings. The average Bonchev–Trinajstić information content (AvgIpc) is 2.44. The van der Waals surface area contributed by atoms with Gasteiger partial charge in [0.1, 0.15) is 0 Å². The Morgan fingerprint density at radius 1 is 1.33 bits per heavy atom. The van der Waals surface area contributed by atoms with E-state index in [2.05, 4.69) is 43.9 Å². The first-order valence-corrected chi connectivity index (χ1v) is 7.84. The van der Waals surface area contributed by atoms with Gasteiger partial charge in [0.05, 0.1) is 12.6 Å². The molecule has 4 nitrogen and oxygen atoms in total. The number of nitrogens with two attached hydrogens (primary N) is 2. The largest absolute Gasteiger partial charge is 0.369 e. The summed E-state index contributed by atoms with van der Waals surface area (Å²) in [5, 5.41) is 0. The lowest BCUT2D eigenvalue weighted by molar-refractivity contribution is -0.119. The summed E-state index contributed by atoms with van der Waals surface area (Å²) in [4.78, 5) is 13.6. The Balaban J connectivity index is 3.09. The topological polar surface area (TPSA) is 72.3 Å². The highest BCUT2D eigenvalue weighted by Crippen LogP contribution is 2.26. The van der Waals surface area contributed by atoms with Crippen molar-refractivity contribution in [2.75, 3.05) is 13.1 Å². The molecule has 21 heavy (non-hydrogen) atoms. The van der Waals surface area contributed by atoms with Crippen molar-refractivity contribution >= 4 is 5.91 Å². The number of carbonyl (C=O) groups is 1. The summed E-state index contributed by atoms with van der Waals surface area (Å²) in [6.45, 7) is 7.39. The SMILES string of the molecule is CCCCN(CC(N)=O)C(c1cccc(C)c1)C(N)CC. The molecule has 0 aliphatic carbocycles. The van der Waals surface area contributed by atoms with Gasteiger partial charge in [-0.2, -0.15) is 0 Å². The van der Waals surface area contributed by atoms with E-state index in [9.17, 15) is 4.79 Å². The van der Waals surface area contributed by atoms with Gasteiger partial charge in [0.2, 0.25) is 5.91 Å². The molecule has 0 heterocycles. The molecular formula is C17H29N3O. The van der Waals surface area contributed by atoms with Crippen LogP contribution in [0.1, 0.15) is 50.3 Å². The van der Waals surface area contributed by atoms with Gasteiger partial charge in [-0.3, -0.25) is 9.69 Å². The average molecular weight is 291 g/mol. The van der Waals surface area contributed by atoms with Crippen molar-refractivity contribution in [2.45, 2.75) is 52.1 Å². The number of unbranched alkanes of at least 4 members (excludes halogenated alkanes) is 1. The van der Waals surface area contributed by atoms with Crippen molar-refractivity contribution in [3.63, 3.8) is 0 Å². The van der Waals surface area contributed by atoms with Crippen LogP contribution >= 0.6 is 0 Å². The van der Waals surface area contributed by atoms with Crippen LogP contribution in [0.4, 0.5) is 0 Å². The van der Waals surface area contributed by atoms with E-state index in [4.69, 9.17) is 11.5 Å². The van der Waals surface area contributed by atoms with Crippen molar-refractivity contribution in [3.8, 4) is 0 Å². The number of carbonyl (C=O) groups excluding carboxylic acids is 1. The fraction of sp³-hybridized carbons (Fsp3) is 0.588. The minimum Gasteiger partial charge on any atom is -0.369 e. The van der Waals surface area contributed by atoms with Crippen LogP contribution in [0.3, 0.4) is 0 Å². The first-order chi connectivity index (χ1) is 9.99. The summed E-state index contributed by atoms with van der Waals surface area (Å²) in [5.74, 6) is -0.299. The van der Waals surface area contributed by atoms with Crippen LogP contribution in [0.15, 0.2) is 24.3 Å². The number of nitrogens with zero attached hydrogens (tertiary/aromatic N) is 1. The molecular weight excluding hydrogens is 262 g/mol. The summed E-state index contributed by atoms with van der Waals surface area (Å²) in [6.07, 6.45) is 2.98. The van der Waals surface area contributed by atoms with Gasteiger partial charge in [0.25, 0.3) is 0 Å². The van der Waals surface area contributed by atoms with Crippen molar-refractivity contribution in [1.82, 2.24) is 4.90 Å². The molecule has 4 N–H and O–H groups in total. The highest BCUT2D eigenvalue weighted by atomic mass is 16.1. The molecule has 0 saturated carbocycles. The maximum Gasteiger partial charge on any atom is 0.231 e. The number of rotatable bonds is 9. The third-order valence-electron chi connectivity index (χ3n) is 3.81. The highest BCUT2D eigenvalue weighted by molar-refractivity contribution is 5.76. The molecule has 1 aromatic carbocycles. The normalized spacial score (nSPS) is 14.1. The number of hydrogen-bond acceptors (Lipinski definition) is 3. The summed E-state index contributed by atoms with van der Waals surface area (Å²) < 4.78 is 0. The molecule has 0 aliphatic rings. The fourth-order valence-electron chi connectivity index (χ4n) is 2.68. The van der Waals surface area contributed by atoms with E-state index < -0.39 is 0 Å². The van der Waals surface area contributed by atoms with Gasteiger partial charge in [-0.15, -0.1) is 0 Å². The van der Waals surface area contributed by atoms with Gasteiger partial charge >= 0.3 is 0 Å². The second kappa shape index (κ2) is 8.80. The van der Waals surface area contributed by atoms with Crippen LogP contribution in [0.5, 0.6) is 0 Å². The lowest BCUT2D eigenvalue weighted by atomic mass is 9.94. The third-order valence-corrected chi connectivity index (χ3v) is 3.81. The Morgan fingerprint density at radius 2 is 2.05 bits per heavy atom. The maximum atomic E-state index is 11.4. The molecule has 0 bridgehead atoms. The smallest absolute Gasteiger partial charge is 0.231 e. The monoisotopic (exact) mass is 291 g/mol. The number of benzene rings is 1. The third kappa shape index (κ3) is 5.48. The van der Waals surface area contributed by atoms with Crippen molar-refractivity contribution < 1.29 is 4.79 Å². The highest BCUT2D eigenvalue weighted by Gasteiger charge is 2.26. The van der Waals surface area contributed by atoms with Gasteiger partial charge in [-0.25, -0.2) is 0 Å². The van der Waals surface area contributed by atoms with E-state index in [1.165, 1.54) is 11.1 Å². The van der Waals surface area contributed by atoms with Gasteiger partial charge in [-0.05, 0) is 31.9 Å². The standard InChI is InChI=1S/C17H29N3O/c1-4-6-10-20(12-16(19)21)17(15(18)5-2)14-9-7-8-13(3)11-14/h7-9,11,15,17H,4-6,10,12,18H2,1-3H3,(H2,19,21). The zero-order valence-corrected chi connectivity index (χ0v) is 13.5. The Hall–Kier alpha value is -1.39. The lowest BCUT2D eigenvalue weighted by Gasteiger charge is -2.35. The second-order valence-corrected chi connectivity index (χ2v) is 5.72. The Labute approximate surface area is 128 Å². The molecule has 118 valence electrons. The molecule has 4 heteroatoms. The van der Waals surface area contributed by atoms with Gasteiger partial charge in [-0.1, -0.05) is 50.1 Å². The number of primary amides is 1. The molecule has 0 radical (unpaired) electrons. The second-order valence-electron chi connectivity index (χ2n) is 5.72. The predicted octanol–water partition coefficient (Wildman–Crippen LogP) is 2.36. The Bertz CT molecular complexity index is 447. The number of hydrogen-bond donors (Lipinski definition) is 2. The zero-order chi connectivity index (χ0) is 15.8. The van der Waals surface area contributed by atoms with Crippen LogP contribution in [-0.2, 0) is 4.79 Å². The molecule has 2 unspecified atom stereocenters. The molecule has 0 aliphatic heterocycles. The number of amides is 1. The summed E-state index contributed by atoms with van der Waals surface area (Å²) >= 11 is 0. The van der Waals surface area contributed by atoms with Gasteiger partial charge in [0, 0.05) is 6.04 Å².